The lowest BCUT2D eigenvalue weighted by Gasteiger charge is -2.35. The van der Waals surface area contributed by atoms with E-state index in [2.05, 4.69) is 16.3 Å². The van der Waals surface area contributed by atoms with Gasteiger partial charge in [-0.15, -0.1) is 0 Å². The lowest BCUT2D eigenvalue weighted by Crippen LogP contribution is -2.43. The van der Waals surface area contributed by atoms with Crippen molar-refractivity contribution in [2.75, 3.05) is 24.5 Å². The fourth-order valence-electron chi connectivity index (χ4n) is 3.01. The van der Waals surface area contributed by atoms with E-state index >= 15 is 0 Å². The number of nitriles is 1. The van der Waals surface area contributed by atoms with E-state index < -0.39 is 15.4 Å². The number of sulfonamides is 1. The summed E-state index contributed by atoms with van der Waals surface area (Å²) in [6, 6.07) is 6.43. The number of nitrogens with one attached hydrogen (secondary N) is 1. The maximum atomic E-state index is 12.1. The highest BCUT2D eigenvalue weighted by atomic mass is 32.2. The van der Waals surface area contributed by atoms with Crippen molar-refractivity contribution in [2.24, 2.45) is 16.5 Å². The molecule has 2 rings (SSSR count). The Morgan fingerprint density at radius 2 is 2.12 bits per heavy atom. The summed E-state index contributed by atoms with van der Waals surface area (Å²) < 4.78 is 23.0. The van der Waals surface area contributed by atoms with Gasteiger partial charge in [0.15, 0.2) is 0 Å². The highest BCUT2D eigenvalue weighted by molar-refractivity contribution is 7.89. The Hall–Kier alpha value is -2.11. The molecular formula is C18H26N4O3S. The molecule has 0 spiro atoms. The average molecular weight is 378 g/mol. The Balaban J connectivity index is 2.12. The van der Waals surface area contributed by atoms with Crippen LogP contribution in [0.3, 0.4) is 0 Å². The van der Waals surface area contributed by atoms with Gasteiger partial charge in [-0.25, -0.2) is 13.6 Å². The first-order valence-corrected chi connectivity index (χ1v) is 10.2. The van der Waals surface area contributed by atoms with Crippen LogP contribution in [0.25, 0.3) is 0 Å². The lowest BCUT2D eigenvalue weighted by atomic mass is 9.93. The summed E-state index contributed by atoms with van der Waals surface area (Å²) in [5.74, 6) is 0.296. The zero-order valence-corrected chi connectivity index (χ0v) is 16.3. The van der Waals surface area contributed by atoms with E-state index in [-0.39, 0.29) is 22.3 Å². The molecule has 0 radical (unpaired) electrons. The van der Waals surface area contributed by atoms with Crippen molar-refractivity contribution in [3.8, 4) is 6.07 Å². The molecule has 1 atom stereocenters. The summed E-state index contributed by atoms with van der Waals surface area (Å²) in [5, 5.41) is 17.5. The van der Waals surface area contributed by atoms with E-state index in [1.807, 2.05) is 20.8 Å². The SMILES string of the molecule is CC(C)(C)C(=O)NCC1CCCN(c2ccc(S(N)(=O)=O)cc2C#N)C1. The van der Waals surface area contributed by atoms with Crippen LogP contribution >= 0.6 is 0 Å². The summed E-state index contributed by atoms with van der Waals surface area (Å²) in [6.07, 6.45) is 1.94. The summed E-state index contributed by atoms with van der Waals surface area (Å²) in [5.41, 5.74) is 0.564. The first-order valence-electron chi connectivity index (χ1n) is 8.62. The molecule has 7 nitrogen and oxygen atoms in total. The number of hydrogen-bond donors (Lipinski definition) is 2. The minimum Gasteiger partial charge on any atom is -0.370 e. The molecule has 1 aromatic carbocycles. The highest BCUT2D eigenvalue weighted by Crippen LogP contribution is 2.28. The van der Waals surface area contributed by atoms with Crippen LogP contribution in [0.15, 0.2) is 23.1 Å². The number of hydrogen-bond acceptors (Lipinski definition) is 5. The Labute approximate surface area is 155 Å². The minimum atomic E-state index is -3.84. The zero-order valence-electron chi connectivity index (χ0n) is 15.4. The monoisotopic (exact) mass is 378 g/mol. The number of carbonyl (C=O) groups excluding carboxylic acids is 1. The van der Waals surface area contributed by atoms with Crippen LogP contribution in [0.4, 0.5) is 5.69 Å². The van der Waals surface area contributed by atoms with Crippen molar-refractivity contribution < 1.29 is 13.2 Å². The first kappa shape index (κ1) is 20.2. The second-order valence-electron chi connectivity index (χ2n) is 7.75. The van der Waals surface area contributed by atoms with E-state index in [1.165, 1.54) is 12.1 Å². The molecule has 3 N–H and O–H groups in total. The van der Waals surface area contributed by atoms with E-state index in [9.17, 15) is 18.5 Å². The molecular weight excluding hydrogens is 352 g/mol. The summed E-state index contributed by atoms with van der Waals surface area (Å²) in [7, 11) is -3.84. The van der Waals surface area contributed by atoms with E-state index in [0.29, 0.717) is 18.8 Å². The number of carbonyl (C=O) groups is 1. The molecule has 0 saturated carbocycles. The van der Waals surface area contributed by atoms with Crippen LogP contribution in [-0.2, 0) is 14.8 Å². The summed E-state index contributed by atoms with van der Waals surface area (Å²) in [4.78, 5) is 14.1. The fourth-order valence-corrected chi connectivity index (χ4v) is 3.55. The van der Waals surface area contributed by atoms with Crippen molar-refractivity contribution in [1.29, 1.82) is 5.26 Å². The number of rotatable bonds is 4. The van der Waals surface area contributed by atoms with Gasteiger partial charge in [0.1, 0.15) is 6.07 Å². The van der Waals surface area contributed by atoms with Gasteiger partial charge in [0.25, 0.3) is 0 Å². The van der Waals surface area contributed by atoms with Crippen molar-refractivity contribution in [1.82, 2.24) is 5.32 Å². The van der Waals surface area contributed by atoms with Gasteiger partial charge in [0.2, 0.25) is 15.9 Å². The van der Waals surface area contributed by atoms with Gasteiger partial charge in [0.05, 0.1) is 16.1 Å². The van der Waals surface area contributed by atoms with E-state index in [1.54, 1.807) is 6.07 Å². The van der Waals surface area contributed by atoms with Crippen molar-refractivity contribution in [3.05, 3.63) is 23.8 Å². The highest BCUT2D eigenvalue weighted by Gasteiger charge is 2.26. The Morgan fingerprint density at radius 1 is 1.42 bits per heavy atom. The number of primary sulfonamides is 1. The van der Waals surface area contributed by atoms with Gasteiger partial charge in [-0.2, -0.15) is 5.26 Å². The second-order valence-corrected chi connectivity index (χ2v) is 9.31. The van der Waals surface area contributed by atoms with Crippen LogP contribution in [-0.4, -0.2) is 34.0 Å². The topological polar surface area (TPSA) is 116 Å². The molecule has 1 amide bonds. The fraction of sp³-hybridized carbons (Fsp3) is 0.556. The van der Waals surface area contributed by atoms with Crippen LogP contribution in [0.1, 0.15) is 39.2 Å². The number of benzene rings is 1. The molecule has 8 heteroatoms. The second kappa shape index (κ2) is 7.64. The van der Waals surface area contributed by atoms with E-state index in [4.69, 9.17) is 5.14 Å². The minimum absolute atomic E-state index is 0.0184. The summed E-state index contributed by atoms with van der Waals surface area (Å²) in [6.45, 7) is 7.70. The summed E-state index contributed by atoms with van der Waals surface area (Å²) >= 11 is 0. The van der Waals surface area contributed by atoms with Gasteiger partial charge >= 0.3 is 0 Å². The quantitative estimate of drug-likeness (QED) is 0.825. The number of piperidine rings is 1. The molecule has 142 valence electrons. The van der Waals surface area contributed by atoms with Crippen LogP contribution in [0.5, 0.6) is 0 Å². The smallest absolute Gasteiger partial charge is 0.238 e. The van der Waals surface area contributed by atoms with Crippen molar-refractivity contribution in [2.45, 2.75) is 38.5 Å². The maximum absolute atomic E-state index is 12.1. The third-order valence-corrected chi connectivity index (χ3v) is 5.42. The van der Waals surface area contributed by atoms with Crippen LogP contribution in [0.2, 0.25) is 0 Å². The molecule has 26 heavy (non-hydrogen) atoms. The third kappa shape index (κ3) is 4.96. The van der Waals surface area contributed by atoms with Gasteiger partial charge in [-0.3, -0.25) is 4.79 Å². The van der Waals surface area contributed by atoms with E-state index in [0.717, 1.165) is 19.4 Å². The van der Waals surface area contributed by atoms with Crippen LogP contribution in [0, 0.1) is 22.7 Å². The molecule has 1 saturated heterocycles. The predicted molar refractivity (Wildman–Crippen MR) is 99.9 cm³/mol. The van der Waals surface area contributed by atoms with Crippen LogP contribution < -0.4 is 15.4 Å². The van der Waals surface area contributed by atoms with Gasteiger partial charge in [-0.1, -0.05) is 20.8 Å². The van der Waals surface area contributed by atoms with Crippen molar-refractivity contribution in [3.63, 3.8) is 0 Å². The average Bonchev–Trinajstić information content (AvgIpc) is 2.57. The molecule has 1 aliphatic heterocycles. The Morgan fingerprint density at radius 3 is 2.69 bits per heavy atom. The number of nitrogens with zero attached hydrogens (tertiary/aromatic N) is 2. The lowest BCUT2D eigenvalue weighted by molar-refractivity contribution is -0.128. The molecule has 1 heterocycles. The molecule has 1 unspecified atom stereocenters. The molecule has 0 aromatic heterocycles. The normalized spacial score (nSPS) is 18.3. The standard InChI is InChI=1S/C18H26N4O3S/c1-18(2,3)17(23)21-11-13-5-4-8-22(12-13)16-7-6-15(26(20,24)25)9-14(16)10-19/h6-7,9,13H,4-5,8,11-12H2,1-3H3,(H,21,23)(H2,20,24,25). The van der Waals surface area contributed by atoms with Gasteiger partial charge < -0.3 is 10.2 Å². The third-order valence-electron chi connectivity index (χ3n) is 4.51. The number of nitrogens with two attached hydrogens (primary N) is 1. The molecule has 1 aliphatic rings. The van der Waals surface area contributed by atoms with Crippen molar-refractivity contribution >= 4 is 21.6 Å². The first-order chi connectivity index (χ1) is 12.0. The molecule has 0 bridgehead atoms. The Kier molecular flexibility index (Phi) is 5.94. The number of amides is 1. The Bertz CT molecular complexity index is 822. The maximum Gasteiger partial charge on any atom is 0.238 e. The molecule has 0 aliphatic carbocycles. The largest absolute Gasteiger partial charge is 0.370 e. The van der Waals surface area contributed by atoms with Gasteiger partial charge in [-0.05, 0) is 37.0 Å². The molecule has 1 fully saturated rings. The number of anilines is 1. The zero-order chi connectivity index (χ0) is 19.5. The predicted octanol–water partition coefficient (Wildman–Crippen LogP) is 1.58. The van der Waals surface area contributed by atoms with Gasteiger partial charge in [0, 0.05) is 25.0 Å². The molecule has 1 aromatic rings.